The lowest BCUT2D eigenvalue weighted by Crippen LogP contribution is -2.45. The molecule has 2 amide bonds. The summed E-state index contributed by atoms with van der Waals surface area (Å²) in [4.78, 5) is 11.3. The second-order valence-corrected chi connectivity index (χ2v) is 8.09. The van der Waals surface area contributed by atoms with Gasteiger partial charge in [-0.2, -0.15) is 21.6 Å². The lowest BCUT2D eigenvalue weighted by molar-refractivity contribution is -0.0444. The molecular weight excluding hydrogens is 389 g/mol. The second kappa shape index (κ2) is 7.64. The van der Waals surface area contributed by atoms with Gasteiger partial charge in [-0.15, -0.1) is 0 Å². The van der Waals surface area contributed by atoms with Gasteiger partial charge in [0.25, 0.3) is 0 Å². The van der Waals surface area contributed by atoms with E-state index in [9.17, 15) is 26.4 Å². The molecule has 7 nitrogen and oxygen atoms in total. The zero-order chi connectivity index (χ0) is 19.7. The lowest BCUT2D eigenvalue weighted by atomic mass is 9.99. The van der Waals surface area contributed by atoms with Crippen molar-refractivity contribution in [3.8, 4) is 0 Å². The molecule has 1 aromatic carbocycles. The number of hydrogen-bond donors (Lipinski definition) is 2. The predicted octanol–water partition coefficient (Wildman–Crippen LogP) is 2.30. The molecule has 2 N–H and O–H groups in total. The van der Waals surface area contributed by atoms with Gasteiger partial charge in [0, 0.05) is 6.54 Å². The third-order valence-corrected chi connectivity index (χ3v) is 5.22. The summed E-state index contributed by atoms with van der Waals surface area (Å²) in [5, 5.41) is 2.11. The van der Waals surface area contributed by atoms with Crippen LogP contribution in [-0.2, 0) is 25.9 Å². The van der Waals surface area contributed by atoms with Gasteiger partial charge in [0.15, 0.2) is 0 Å². The maximum absolute atomic E-state index is 12.2. The molecule has 0 saturated carbocycles. The van der Waals surface area contributed by atoms with Gasteiger partial charge in [0.05, 0.1) is 13.2 Å². The molecule has 0 bridgehead atoms. The van der Waals surface area contributed by atoms with Crippen LogP contribution in [0.2, 0.25) is 0 Å². The zero-order valence-electron chi connectivity index (χ0n) is 14.2. The third-order valence-electron chi connectivity index (χ3n) is 4.16. The Kier molecular flexibility index (Phi) is 5.63. The summed E-state index contributed by atoms with van der Waals surface area (Å²) in [6.45, 7) is 1.46. The van der Waals surface area contributed by atoms with Crippen molar-refractivity contribution >= 4 is 16.1 Å². The van der Waals surface area contributed by atoms with E-state index in [2.05, 4.69) is 23.5 Å². The molecule has 3 rings (SSSR count). The predicted molar refractivity (Wildman–Crippen MR) is 88.3 cm³/mol. The number of rotatable bonds is 8. The fourth-order valence-corrected chi connectivity index (χ4v) is 3.05. The minimum absolute atomic E-state index is 0.0588. The van der Waals surface area contributed by atoms with E-state index in [0.29, 0.717) is 32.5 Å². The Morgan fingerprint density at radius 2 is 1.63 bits per heavy atom. The highest BCUT2D eigenvalue weighted by Gasteiger charge is 2.47. The highest BCUT2D eigenvalue weighted by atomic mass is 32.2. The average molecular weight is 408 g/mol. The Hall–Kier alpha value is -1.85. The van der Waals surface area contributed by atoms with E-state index in [1.807, 2.05) is 0 Å². The molecule has 11 heteroatoms. The first-order valence-electron chi connectivity index (χ1n) is 8.39. The van der Waals surface area contributed by atoms with Crippen LogP contribution in [0.1, 0.15) is 41.7 Å². The molecule has 2 unspecified atom stereocenters. The highest BCUT2D eigenvalue weighted by Crippen LogP contribution is 2.36. The number of sulfonamides is 1. The normalized spacial score (nSPS) is 21.6. The Labute approximate surface area is 154 Å². The maximum Gasteiger partial charge on any atom is 0.516 e. The zero-order valence-corrected chi connectivity index (χ0v) is 15.0. The average Bonchev–Trinajstić information content (AvgIpc) is 3.46. The Morgan fingerprint density at radius 3 is 2.11 bits per heavy atom. The van der Waals surface area contributed by atoms with Gasteiger partial charge in [-0.25, -0.2) is 9.52 Å². The van der Waals surface area contributed by atoms with Crippen molar-refractivity contribution in [2.24, 2.45) is 0 Å². The number of carbonyl (C=O) groups is 1. The molecule has 2 saturated heterocycles. The van der Waals surface area contributed by atoms with Crippen molar-refractivity contribution in [1.82, 2.24) is 10.0 Å². The van der Waals surface area contributed by atoms with Crippen molar-refractivity contribution in [2.45, 2.75) is 37.0 Å². The Morgan fingerprint density at radius 1 is 1.07 bits per heavy atom. The quantitative estimate of drug-likeness (QED) is 0.508. The summed E-state index contributed by atoms with van der Waals surface area (Å²) in [6.07, 6.45) is 2.13. The van der Waals surface area contributed by atoms with Crippen LogP contribution in [0.5, 0.6) is 0 Å². The number of hydrogen-bond acceptors (Lipinski definition) is 5. The van der Waals surface area contributed by atoms with E-state index >= 15 is 0 Å². The standard InChI is InChI=1S/C16H19F3N2O5S/c17-16(18,19)27(23,24)21-15(22)20-4-2-1-3-10-5-11(13-8-25-13)7-12(6-10)14-9-26-14/h5-7,13-14H,1-4,8-9H2,(H2,20,21,22). The number of ether oxygens (including phenoxy) is 2. The maximum atomic E-state index is 12.2. The molecule has 2 aliphatic heterocycles. The first kappa shape index (κ1) is 19.9. The van der Waals surface area contributed by atoms with Crippen LogP contribution in [-0.4, -0.2) is 39.7 Å². The van der Waals surface area contributed by atoms with Crippen LogP contribution < -0.4 is 10.0 Å². The van der Waals surface area contributed by atoms with Crippen molar-refractivity contribution in [1.29, 1.82) is 0 Å². The summed E-state index contributed by atoms with van der Waals surface area (Å²) in [7, 11) is -5.68. The Balaban J connectivity index is 1.42. The summed E-state index contributed by atoms with van der Waals surface area (Å²) in [5.74, 6) is 0. The lowest BCUT2D eigenvalue weighted by Gasteiger charge is -2.11. The summed E-state index contributed by atoms with van der Waals surface area (Å²) in [5.41, 5.74) is -2.22. The largest absolute Gasteiger partial charge is 0.516 e. The minimum atomic E-state index is -5.68. The number of carbonyl (C=O) groups excluding carboxylic acids is 1. The number of unbranched alkanes of at least 4 members (excludes halogenated alkanes) is 1. The van der Waals surface area contributed by atoms with Gasteiger partial charge >= 0.3 is 21.6 Å². The molecular formula is C16H19F3N2O5S. The van der Waals surface area contributed by atoms with Crippen molar-refractivity contribution in [2.75, 3.05) is 19.8 Å². The number of alkyl halides is 3. The number of benzene rings is 1. The molecule has 2 atom stereocenters. The van der Waals surface area contributed by atoms with E-state index in [-0.39, 0.29) is 18.8 Å². The van der Waals surface area contributed by atoms with Crippen molar-refractivity contribution in [3.05, 3.63) is 34.9 Å². The van der Waals surface area contributed by atoms with Gasteiger partial charge in [0.1, 0.15) is 12.2 Å². The number of halogens is 3. The van der Waals surface area contributed by atoms with E-state index < -0.39 is 21.6 Å². The molecule has 2 heterocycles. The van der Waals surface area contributed by atoms with Gasteiger partial charge in [-0.3, -0.25) is 0 Å². The molecule has 2 fully saturated rings. The van der Waals surface area contributed by atoms with E-state index in [1.54, 1.807) is 0 Å². The number of aryl methyl sites for hydroxylation is 1. The minimum Gasteiger partial charge on any atom is -0.368 e. The molecule has 1 aromatic rings. The van der Waals surface area contributed by atoms with E-state index in [4.69, 9.17) is 9.47 Å². The molecule has 2 aliphatic rings. The smallest absolute Gasteiger partial charge is 0.368 e. The number of amides is 2. The highest BCUT2D eigenvalue weighted by molar-refractivity contribution is 7.90. The monoisotopic (exact) mass is 408 g/mol. The molecule has 150 valence electrons. The van der Waals surface area contributed by atoms with Gasteiger partial charge in [-0.05, 0) is 36.0 Å². The number of epoxide rings is 2. The molecule has 27 heavy (non-hydrogen) atoms. The number of urea groups is 1. The topological polar surface area (TPSA) is 100 Å². The molecule has 0 aromatic heterocycles. The summed E-state index contributed by atoms with van der Waals surface area (Å²) >= 11 is 0. The molecule has 0 spiro atoms. The van der Waals surface area contributed by atoms with Crippen molar-refractivity contribution in [3.63, 3.8) is 0 Å². The van der Waals surface area contributed by atoms with Gasteiger partial charge in [-0.1, -0.05) is 18.2 Å². The summed E-state index contributed by atoms with van der Waals surface area (Å²) < 4.78 is 69.7. The summed E-state index contributed by atoms with van der Waals surface area (Å²) in [6, 6.07) is 4.79. The fourth-order valence-electron chi connectivity index (χ4n) is 2.61. The number of nitrogens with one attached hydrogen (secondary N) is 2. The van der Waals surface area contributed by atoms with E-state index in [1.165, 1.54) is 0 Å². The van der Waals surface area contributed by atoms with Crippen LogP contribution in [0.3, 0.4) is 0 Å². The first-order chi connectivity index (χ1) is 12.7. The molecule has 0 radical (unpaired) electrons. The van der Waals surface area contributed by atoms with Gasteiger partial charge in [0.2, 0.25) is 0 Å². The first-order valence-corrected chi connectivity index (χ1v) is 9.88. The van der Waals surface area contributed by atoms with Crippen LogP contribution in [0.25, 0.3) is 0 Å². The van der Waals surface area contributed by atoms with Crippen LogP contribution in [0, 0.1) is 0 Å². The Bertz CT molecular complexity index is 775. The van der Waals surface area contributed by atoms with Crippen LogP contribution in [0.15, 0.2) is 18.2 Å². The molecule has 0 aliphatic carbocycles. The van der Waals surface area contributed by atoms with E-state index in [0.717, 1.165) is 21.4 Å². The SMILES string of the molecule is O=C(NCCCCc1cc(C2CO2)cc(C2CO2)c1)NS(=O)(=O)C(F)(F)F. The third kappa shape index (κ3) is 5.56. The van der Waals surface area contributed by atoms with Crippen LogP contribution in [0.4, 0.5) is 18.0 Å². The van der Waals surface area contributed by atoms with Crippen molar-refractivity contribution < 1.29 is 35.9 Å². The van der Waals surface area contributed by atoms with Crippen LogP contribution >= 0.6 is 0 Å². The second-order valence-electron chi connectivity index (χ2n) is 6.42. The van der Waals surface area contributed by atoms with Gasteiger partial charge < -0.3 is 14.8 Å². The fraction of sp³-hybridized carbons (Fsp3) is 0.562.